The van der Waals surface area contributed by atoms with Gasteiger partial charge in [0.25, 0.3) is 0 Å². The third-order valence-electron chi connectivity index (χ3n) is 2.36. The van der Waals surface area contributed by atoms with E-state index in [2.05, 4.69) is 33.2 Å². The Bertz CT molecular complexity index is 421. The van der Waals surface area contributed by atoms with Gasteiger partial charge in [-0.25, -0.2) is 4.98 Å². The molecule has 5 nitrogen and oxygen atoms in total. The second kappa shape index (κ2) is 5.44. The average molecular weight is 302 g/mol. The normalized spacial score (nSPS) is 11.3. The summed E-state index contributed by atoms with van der Waals surface area (Å²) in [4.78, 5) is 14.6. The molecule has 1 rings (SSSR count). The molecule has 0 spiro atoms. The van der Waals surface area contributed by atoms with Crippen LogP contribution >= 0.6 is 15.9 Å². The third kappa shape index (κ3) is 3.96. The fraction of sp³-hybridized carbons (Fsp3) is 0.545. The summed E-state index contributed by atoms with van der Waals surface area (Å²) in [5.74, 6) is 0.316. The van der Waals surface area contributed by atoms with E-state index in [4.69, 9.17) is 0 Å². The van der Waals surface area contributed by atoms with Gasteiger partial charge in [0.2, 0.25) is 5.82 Å². The molecule has 94 valence electrons. The van der Waals surface area contributed by atoms with Gasteiger partial charge in [-0.3, -0.25) is 10.1 Å². The van der Waals surface area contributed by atoms with E-state index < -0.39 is 4.92 Å². The van der Waals surface area contributed by atoms with Crippen molar-refractivity contribution in [1.29, 1.82) is 0 Å². The molecule has 6 heteroatoms. The number of nitrogens with zero attached hydrogens (tertiary/aromatic N) is 2. The lowest BCUT2D eigenvalue weighted by atomic mass is 9.99. The van der Waals surface area contributed by atoms with Crippen LogP contribution in [0.4, 0.5) is 11.5 Å². The van der Waals surface area contributed by atoms with E-state index in [1.54, 1.807) is 6.20 Å². The van der Waals surface area contributed by atoms with E-state index in [-0.39, 0.29) is 11.2 Å². The number of halogens is 1. The van der Waals surface area contributed by atoms with Crippen molar-refractivity contribution in [1.82, 2.24) is 4.98 Å². The van der Waals surface area contributed by atoms with Crippen LogP contribution in [0.3, 0.4) is 0 Å². The second-order valence-electron chi connectivity index (χ2n) is 4.54. The molecule has 0 aromatic carbocycles. The summed E-state index contributed by atoms with van der Waals surface area (Å²) in [7, 11) is 0. The third-order valence-corrected chi connectivity index (χ3v) is 2.80. The van der Waals surface area contributed by atoms with Crippen molar-refractivity contribution in [2.45, 2.75) is 39.2 Å². The molecule has 1 N–H and O–H groups in total. The van der Waals surface area contributed by atoms with Crippen molar-refractivity contribution in [3.63, 3.8) is 0 Å². The Morgan fingerprint density at radius 1 is 1.59 bits per heavy atom. The highest BCUT2D eigenvalue weighted by molar-refractivity contribution is 9.10. The summed E-state index contributed by atoms with van der Waals surface area (Å²) in [6.07, 6.45) is 3.48. The van der Waals surface area contributed by atoms with Crippen molar-refractivity contribution >= 4 is 27.4 Å². The monoisotopic (exact) mass is 301 g/mol. The van der Waals surface area contributed by atoms with Crippen LogP contribution in [0, 0.1) is 10.1 Å². The van der Waals surface area contributed by atoms with Gasteiger partial charge in [0.15, 0.2) is 0 Å². The van der Waals surface area contributed by atoms with Gasteiger partial charge in [-0.05, 0) is 36.2 Å². The minimum atomic E-state index is -0.428. The molecule has 0 amide bonds. The van der Waals surface area contributed by atoms with Crippen LogP contribution < -0.4 is 5.32 Å². The van der Waals surface area contributed by atoms with Gasteiger partial charge in [-0.2, -0.15) is 0 Å². The highest BCUT2D eigenvalue weighted by Crippen LogP contribution is 2.28. The van der Waals surface area contributed by atoms with Gasteiger partial charge in [0, 0.05) is 22.3 Å². The molecule has 0 saturated carbocycles. The van der Waals surface area contributed by atoms with Crippen molar-refractivity contribution in [2.24, 2.45) is 0 Å². The first kappa shape index (κ1) is 13.9. The molecule has 1 aromatic rings. The van der Waals surface area contributed by atoms with Crippen molar-refractivity contribution in [2.75, 3.05) is 5.32 Å². The number of anilines is 1. The fourth-order valence-corrected chi connectivity index (χ4v) is 1.99. The van der Waals surface area contributed by atoms with Crippen LogP contribution in [0.1, 0.15) is 33.6 Å². The molecule has 0 atom stereocenters. The molecule has 0 aliphatic rings. The molecule has 0 unspecified atom stereocenters. The maximum atomic E-state index is 10.9. The zero-order valence-corrected chi connectivity index (χ0v) is 11.7. The molecule has 1 heterocycles. The Hall–Kier alpha value is -1.17. The minimum Gasteiger partial charge on any atom is -0.359 e. The van der Waals surface area contributed by atoms with E-state index in [0.717, 1.165) is 12.8 Å². The molecule has 0 fully saturated rings. The molecule has 0 aliphatic heterocycles. The number of aromatic nitrogens is 1. The summed E-state index contributed by atoms with van der Waals surface area (Å²) >= 11 is 3.18. The highest BCUT2D eigenvalue weighted by atomic mass is 79.9. The van der Waals surface area contributed by atoms with Crippen molar-refractivity contribution in [3.8, 4) is 0 Å². The fourth-order valence-electron chi connectivity index (χ4n) is 1.67. The van der Waals surface area contributed by atoms with Crippen molar-refractivity contribution < 1.29 is 4.92 Å². The maximum absolute atomic E-state index is 10.9. The smallest absolute Gasteiger partial charge is 0.312 e. The predicted molar refractivity (Wildman–Crippen MR) is 71.2 cm³/mol. The van der Waals surface area contributed by atoms with Crippen molar-refractivity contribution in [3.05, 3.63) is 26.9 Å². The first-order valence-electron chi connectivity index (χ1n) is 5.44. The number of pyridine rings is 1. The van der Waals surface area contributed by atoms with Gasteiger partial charge in [0.1, 0.15) is 0 Å². The zero-order valence-electron chi connectivity index (χ0n) is 10.2. The molecule has 0 radical (unpaired) electrons. The summed E-state index contributed by atoms with van der Waals surface area (Å²) in [5, 5.41) is 14.0. The van der Waals surface area contributed by atoms with Gasteiger partial charge in [0.05, 0.1) is 4.92 Å². The molecular formula is C11H16BrN3O2. The van der Waals surface area contributed by atoms with Gasteiger partial charge >= 0.3 is 5.69 Å². The van der Waals surface area contributed by atoms with Gasteiger partial charge in [-0.15, -0.1) is 0 Å². The van der Waals surface area contributed by atoms with Gasteiger partial charge in [-0.1, -0.05) is 13.3 Å². The lowest BCUT2D eigenvalue weighted by molar-refractivity contribution is -0.384. The van der Waals surface area contributed by atoms with Crippen LogP contribution in [0.5, 0.6) is 0 Å². The van der Waals surface area contributed by atoms with Crippen LogP contribution in [0.25, 0.3) is 0 Å². The summed E-state index contributed by atoms with van der Waals surface area (Å²) < 4.78 is 0.600. The number of rotatable bonds is 5. The Morgan fingerprint density at radius 3 is 2.76 bits per heavy atom. The molecule has 0 bridgehead atoms. The van der Waals surface area contributed by atoms with E-state index >= 15 is 0 Å². The molecule has 0 saturated heterocycles. The standard InChI is InChI=1S/C11H16BrN3O2/c1-4-5-11(2,3)14-10-9(15(16)17)6-8(12)7-13-10/h6-7H,4-5H2,1-3H3,(H,13,14). The largest absolute Gasteiger partial charge is 0.359 e. The van der Waals surface area contributed by atoms with Crippen LogP contribution in [-0.4, -0.2) is 15.4 Å². The summed E-state index contributed by atoms with van der Waals surface area (Å²) in [5.41, 5.74) is -0.219. The maximum Gasteiger partial charge on any atom is 0.312 e. The SMILES string of the molecule is CCCC(C)(C)Nc1ncc(Br)cc1[N+](=O)[O-]. The van der Waals surface area contributed by atoms with Crippen LogP contribution in [0.15, 0.2) is 16.7 Å². The number of nitrogens with one attached hydrogen (secondary N) is 1. The van der Waals surface area contributed by atoms with E-state index in [0.29, 0.717) is 10.3 Å². The van der Waals surface area contributed by atoms with Gasteiger partial charge < -0.3 is 5.32 Å². The molecule has 17 heavy (non-hydrogen) atoms. The Labute approximate surface area is 109 Å². The highest BCUT2D eigenvalue weighted by Gasteiger charge is 2.23. The quantitative estimate of drug-likeness (QED) is 0.664. The number of hydrogen-bond acceptors (Lipinski definition) is 4. The predicted octanol–water partition coefficient (Wildman–Crippen LogP) is 3.74. The lowest BCUT2D eigenvalue weighted by Gasteiger charge is -2.26. The Kier molecular flexibility index (Phi) is 4.45. The number of nitro groups is 1. The van der Waals surface area contributed by atoms with E-state index in [9.17, 15) is 10.1 Å². The topological polar surface area (TPSA) is 68.1 Å². The first-order chi connectivity index (χ1) is 7.85. The molecule has 1 aromatic heterocycles. The summed E-state index contributed by atoms with van der Waals surface area (Å²) in [6, 6.07) is 1.46. The lowest BCUT2D eigenvalue weighted by Crippen LogP contribution is -2.31. The van der Waals surface area contributed by atoms with E-state index in [1.807, 2.05) is 13.8 Å². The Morgan fingerprint density at radius 2 is 2.24 bits per heavy atom. The number of hydrogen-bond donors (Lipinski definition) is 1. The Balaban J connectivity index is 3.02. The zero-order chi connectivity index (χ0) is 13.1. The van der Waals surface area contributed by atoms with Crippen LogP contribution in [0.2, 0.25) is 0 Å². The average Bonchev–Trinajstić information content (AvgIpc) is 2.20. The minimum absolute atomic E-state index is 0.0106. The molecule has 0 aliphatic carbocycles. The molecular weight excluding hydrogens is 286 g/mol. The van der Waals surface area contributed by atoms with Crippen LogP contribution in [-0.2, 0) is 0 Å². The van der Waals surface area contributed by atoms with E-state index in [1.165, 1.54) is 6.07 Å². The first-order valence-corrected chi connectivity index (χ1v) is 6.23. The summed E-state index contributed by atoms with van der Waals surface area (Å²) in [6.45, 7) is 6.08. The second-order valence-corrected chi connectivity index (χ2v) is 5.45.